The van der Waals surface area contributed by atoms with Gasteiger partial charge in [0.05, 0.1) is 11.7 Å². The summed E-state index contributed by atoms with van der Waals surface area (Å²) in [5.74, 6) is 1.67. The van der Waals surface area contributed by atoms with Crippen molar-refractivity contribution in [2.75, 3.05) is 29.9 Å². The molecule has 3 heterocycles. The van der Waals surface area contributed by atoms with E-state index in [4.69, 9.17) is 0 Å². The van der Waals surface area contributed by atoms with Crippen molar-refractivity contribution in [3.63, 3.8) is 0 Å². The second-order valence-electron chi connectivity index (χ2n) is 5.97. The maximum Gasteiger partial charge on any atom is 0.151 e. The third-order valence-electron chi connectivity index (χ3n) is 4.47. The van der Waals surface area contributed by atoms with Gasteiger partial charge >= 0.3 is 0 Å². The van der Waals surface area contributed by atoms with Crippen LogP contribution in [0, 0.1) is 0 Å². The van der Waals surface area contributed by atoms with Crippen LogP contribution in [-0.4, -0.2) is 41.4 Å². The van der Waals surface area contributed by atoms with E-state index >= 15 is 0 Å². The maximum atomic E-state index is 4.38. The van der Waals surface area contributed by atoms with Gasteiger partial charge in [-0.05, 0) is 37.1 Å². The third-order valence-corrected chi connectivity index (χ3v) is 4.47. The lowest BCUT2D eigenvalue weighted by atomic mass is 10.1. The van der Waals surface area contributed by atoms with Gasteiger partial charge < -0.3 is 9.80 Å². The van der Waals surface area contributed by atoms with Gasteiger partial charge in [-0.2, -0.15) is 5.10 Å². The highest BCUT2D eigenvalue weighted by Gasteiger charge is 2.32. The second-order valence-corrected chi connectivity index (χ2v) is 5.97. The summed E-state index contributed by atoms with van der Waals surface area (Å²) in [6.45, 7) is 1.99. The zero-order valence-electron chi connectivity index (χ0n) is 12.2. The minimum atomic E-state index is 0.525. The maximum absolute atomic E-state index is 4.38. The molecule has 0 N–H and O–H groups in total. The molecule has 0 bridgehead atoms. The van der Waals surface area contributed by atoms with Crippen molar-refractivity contribution in [1.29, 1.82) is 0 Å². The molecule has 0 unspecified atom stereocenters. The van der Waals surface area contributed by atoms with Crippen molar-refractivity contribution in [1.82, 2.24) is 15.2 Å². The standard InChI is InChI=1S/C16H19N5/c1-20(13-6-8-17-9-7-13)14-10-21(11-14)16-5-4-15(18-19-16)12-2-3-12/h4-9,12,14H,2-3,10-11H2,1H3. The van der Waals surface area contributed by atoms with E-state index in [-0.39, 0.29) is 0 Å². The van der Waals surface area contributed by atoms with Crippen LogP contribution in [0.5, 0.6) is 0 Å². The Morgan fingerprint density at radius 1 is 1.05 bits per heavy atom. The molecule has 1 saturated carbocycles. The third kappa shape index (κ3) is 2.44. The van der Waals surface area contributed by atoms with Crippen molar-refractivity contribution in [2.45, 2.75) is 24.8 Å². The van der Waals surface area contributed by atoms with Crippen LogP contribution in [0.2, 0.25) is 0 Å². The fourth-order valence-electron chi connectivity index (χ4n) is 2.78. The van der Waals surface area contributed by atoms with Crippen LogP contribution in [0.4, 0.5) is 11.5 Å². The van der Waals surface area contributed by atoms with Gasteiger partial charge in [0.2, 0.25) is 0 Å². The minimum absolute atomic E-state index is 0.525. The highest BCUT2D eigenvalue weighted by Crippen LogP contribution is 2.38. The van der Waals surface area contributed by atoms with Crippen molar-refractivity contribution in [3.05, 3.63) is 42.4 Å². The fourth-order valence-corrected chi connectivity index (χ4v) is 2.78. The number of aromatic nitrogens is 3. The Kier molecular flexibility index (Phi) is 2.98. The molecule has 1 aliphatic heterocycles. The van der Waals surface area contributed by atoms with Gasteiger partial charge in [0.1, 0.15) is 0 Å². The van der Waals surface area contributed by atoms with Crippen molar-refractivity contribution in [3.8, 4) is 0 Å². The summed E-state index contributed by atoms with van der Waals surface area (Å²) in [5.41, 5.74) is 2.37. The molecule has 21 heavy (non-hydrogen) atoms. The van der Waals surface area contributed by atoms with Crippen LogP contribution >= 0.6 is 0 Å². The Morgan fingerprint density at radius 2 is 1.81 bits per heavy atom. The average Bonchev–Trinajstić information content (AvgIpc) is 3.32. The van der Waals surface area contributed by atoms with Gasteiger partial charge in [-0.25, -0.2) is 0 Å². The number of rotatable bonds is 4. The van der Waals surface area contributed by atoms with E-state index in [1.807, 2.05) is 24.5 Å². The van der Waals surface area contributed by atoms with E-state index in [9.17, 15) is 0 Å². The van der Waals surface area contributed by atoms with E-state index in [1.54, 1.807) is 0 Å². The first kappa shape index (κ1) is 12.6. The molecule has 108 valence electrons. The molecular weight excluding hydrogens is 262 g/mol. The van der Waals surface area contributed by atoms with Crippen LogP contribution in [0.1, 0.15) is 24.5 Å². The fraction of sp³-hybridized carbons (Fsp3) is 0.438. The smallest absolute Gasteiger partial charge is 0.151 e. The first-order valence-corrected chi connectivity index (χ1v) is 7.53. The Hall–Kier alpha value is -2.17. The molecule has 0 radical (unpaired) electrons. The average molecular weight is 281 g/mol. The zero-order valence-corrected chi connectivity index (χ0v) is 12.2. The predicted molar refractivity (Wildman–Crippen MR) is 82.6 cm³/mol. The Balaban J connectivity index is 1.38. The normalized spacial score (nSPS) is 18.4. The minimum Gasteiger partial charge on any atom is -0.368 e. The van der Waals surface area contributed by atoms with Crippen LogP contribution in [0.3, 0.4) is 0 Å². The molecule has 5 heteroatoms. The zero-order chi connectivity index (χ0) is 14.2. The van der Waals surface area contributed by atoms with Crippen LogP contribution in [-0.2, 0) is 0 Å². The molecule has 1 saturated heterocycles. The Bertz CT molecular complexity index is 602. The summed E-state index contributed by atoms with van der Waals surface area (Å²) in [6.07, 6.45) is 6.22. The van der Waals surface area contributed by atoms with Crippen molar-refractivity contribution in [2.24, 2.45) is 0 Å². The molecule has 0 spiro atoms. The molecule has 4 rings (SSSR count). The summed E-state index contributed by atoms with van der Waals surface area (Å²) in [4.78, 5) is 8.66. The first-order valence-electron chi connectivity index (χ1n) is 7.53. The van der Waals surface area contributed by atoms with Gasteiger partial charge in [0.15, 0.2) is 5.82 Å². The van der Waals surface area contributed by atoms with Crippen LogP contribution in [0.25, 0.3) is 0 Å². The molecular formula is C16H19N5. The highest BCUT2D eigenvalue weighted by atomic mass is 15.4. The van der Waals surface area contributed by atoms with E-state index in [0.29, 0.717) is 12.0 Å². The molecule has 2 aromatic rings. The quantitative estimate of drug-likeness (QED) is 0.858. The lowest BCUT2D eigenvalue weighted by Crippen LogP contribution is -2.59. The van der Waals surface area contributed by atoms with Gasteiger partial charge in [-0.3, -0.25) is 4.98 Å². The van der Waals surface area contributed by atoms with Gasteiger partial charge in [0, 0.05) is 44.1 Å². The lowest BCUT2D eigenvalue weighted by molar-refractivity contribution is 0.490. The number of anilines is 2. The number of nitrogens with zero attached hydrogens (tertiary/aromatic N) is 5. The molecule has 2 aliphatic rings. The monoisotopic (exact) mass is 281 g/mol. The first-order chi connectivity index (χ1) is 10.3. The number of hydrogen-bond donors (Lipinski definition) is 0. The topological polar surface area (TPSA) is 45.2 Å². The molecule has 0 amide bonds. The molecule has 5 nitrogen and oxygen atoms in total. The van der Waals surface area contributed by atoms with Gasteiger partial charge in [-0.1, -0.05) is 0 Å². The summed E-state index contributed by atoms with van der Waals surface area (Å²) >= 11 is 0. The summed E-state index contributed by atoms with van der Waals surface area (Å²) < 4.78 is 0. The molecule has 0 aromatic carbocycles. The van der Waals surface area contributed by atoms with Gasteiger partial charge in [0.25, 0.3) is 0 Å². The predicted octanol–water partition coefficient (Wildman–Crippen LogP) is 2.07. The van der Waals surface area contributed by atoms with E-state index in [2.05, 4.69) is 44.2 Å². The largest absolute Gasteiger partial charge is 0.368 e. The van der Waals surface area contributed by atoms with Crippen LogP contribution < -0.4 is 9.80 Å². The molecule has 0 atom stereocenters. The lowest BCUT2D eigenvalue weighted by Gasteiger charge is -2.45. The van der Waals surface area contributed by atoms with Crippen molar-refractivity contribution < 1.29 is 0 Å². The number of hydrogen-bond acceptors (Lipinski definition) is 5. The Morgan fingerprint density at radius 3 is 2.43 bits per heavy atom. The summed E-state index contributed by atoms with van der Waals surface area (Å²) in [7, 11) is 2.14. The summed E-state index contributed by atoms with van der Waals surface area (Å²) in [5, 5.41) is 8.73. The number of pyridine rings is 1. The van der Waals surface area contributed by atoms with E-state index < -0.39 is 0 Å². The van der Waals surface area contributed by atoms with E-state index in [0.717, 1.165) is 24.6 Å². The van der Waals surface area contributed by atoms with E-state index in [1.165, 1.54) is 18.5 Å². The second kappa shape index (κ2) is 4.98. The molecule has 2 fully saturated rings. The molecule has 2 aromatic heterocycles. The highest BCUT2D eigenvalue weighted by molar-refractivity contribution is 5.50. The SMILES string of the molecule is CN(c1ccncc1)C1CN(c2ccc(C3CC3)nn2)C1. The number of likely N-dealkylation sites (N-methyl/N-ethyl adjacent to an activating group) is 1. The van der Waals surface area contributed by atoms with Crippen LogP contribution in [0.15, 0.2) is 36.7 Å². The molecule has 1 aliphatic carbocycles. The summed E-state index contributed by atoms with van der Waals surface area (Å²) in [6, 6.07) is 8.88. The Labute approximate surface area is 124 Å². The van der Waals surface area contributed by atoms with Gasteiger partial charge in [-0.15, -0.1) is 5.10 Å². The van der Waals surface area contributed by atoms with Crippen molar-refractivity contribution >= 4 is 11.5 Å².